The number of nitrogens with zero attached hydrogens (tertiary/aromatic N) is 1. The molecule has 1 aromatic carbocycles. The van der Waals surface area contributed by atoms with Crippen molar-refractivity contribution in [1.82, 2.24) is 0 Å². The van der Waals surface area contributed by atoms with E-state index in [4.69, 9.17) is 5.26 Å². The monoisotopic (exact) mass is 251 g/mol. The van der Waals surface area contributed by atoms with Crippen molar-refractivity contribution in [3.63, 3.8) is 0 Å². The molecule has 0 bridgehead atoms. The molecule has 6 nitrogen and oxygen atoms in total. The van der Waals surface area contributed by atoms with Crippen LogP contribution in [0.1, 0.15) is 28.4 Å². The molecule has 18 heavy (non-hydrogen) atoms. The summed E-state index contributed by atoms with van der Waals surface area (Å²) in [6.07, 6.45) is -2.81. The van der Waals surface area contributed by atoms with Crippen LogP contribution in [0.15, 0.2) is 18.2 Å². The lowest BCUT2D eigenvalue weighted by atomic mass is 10.00. The lowest BCUT2D eigenvalue weighted by molar-refractivity contribution is 0.0215. The van der Waals surface area contributed by atoms with Crippen LogP contribution in [-0.4, -0.2) is 34.5 Å². The highest BCUT2D eigenvalue weighted by molar-refractivity contribution is 5.92. The van der Waals surface area contributed by atoms with Crippen LogP contribution in [-0.2, 0) is 4.74 Å². The molecule has 3 N–H and O–H groups in total. The number of hydrogen-bond acceptors (Lipinski definition) is 6. The molecule has 0 saturated heterocycles. The fraction of sp³-hybridized carbons (Fsp3) is 0.333. The van der Waals surface area contributed by atoms with Gasteiger partial charge in [0.15, 0.2) is 0 Å². The van der Waals surface area contributed by atoms with Gasteiger partial charge >= 0.3 is 5.97 Å². The molecule has 0 aliphatic rings. The Balaban J connectivity index is 3.05. The van der Waals surface area contributed by atoms with E-state index >= 15 is 0 Å². The SMILES string of the molecule is COC(=O)c1cc(C(O)C(O)CC#N)ccc1O. The molecule has 96 valence electrons. The third-order valence-electron chi connectivity index (χ3n) is 2.43. The summed E-state index contributed by atoms with van der Waals surface area (Å²) in [5, 5.41) is 37.1. The number of esters is 1. The minimum atomic E-state index is -1.31. The average Bonchev–Trinajstić information content (AvgIpc) is 2.38. The van der Waals surface area contributed by atoms with E-state index in [-0.39, 0.29) is 23.3 Å². The van der Waals surface area contributed by atoms with Crippen LogP contribution in [0.3, 0.4) is 0 Å². The largest absolute Gasteiger partial charge is 0.507 e. The third kappa shape index (κ3) is 2.97. The normalized spacial score (nSPS) is 13.4. The molecular formula is C12H13NO5. The van der Waals surface area contributed by atoms with Crippen molar-refractivity contribution in [2.24, 2.45) is 0 Å². The number of rotatable bonds is 4. The topological polar surface area (TPSA) is 111 Å². The molecule has 0 amide bonds. The maximum absolute atomic E-state index is 11.3. The van der Waals surface area contributed by atoms with Gasteiger partial charge in [-0.15, -0.1) is 0 Å². The first kappa shape index (κ1) is 14.0. The van der Waals surface area contributed by atoms with Gasteiger partial charge in [0.05, 0.1) is 25.7 Å². The van der Waals surface area contributed by atoms with Gasteiger partial charge in [-0.2, -0.15) is 5.26 Å². The Bertz CT molecular complexity index is 480. The Kier molecular flexibility index (Phi) is 4.66. The molecule has 0 aliphatic carbocycles. The first-order valence-electron chi connectivity index (χ1n) is 5.15. The number of methoxy groups -OCH3 is 1. The zero-order valence-corrected chi connectivity index (χ0v) is 9.70. The van der Waals surface area contributed by atoms with E-state index in [9.17, 15) is 20.1 Å². The molecule has 0 fully saturated rings. The minimum absolute atomic E-state index is 0.113. The Morgan fingerprint density at radius 2 is 2.17 bits per heavy atom. The van der Waals surface area contributed by atoms with E-state index in [1.165, 1.54) is 18.2 Å². The highest BCUT2D eigenvalue weighted by Gasteiger charge is 2.21. The van der Waals surface area contributed by atoms with Crippen LogP contribution >= 0.6 is 0 Å². The molecule has 6 heteroatoms. The second-order valence-corrected chi connectivity index (χ2v) is 3.64. The number of aromatic hydroxyl groups is 1. The molecule has 0 spiro atoms. The number of ether oxygens (including phenoxy) is 1. The summed E-state index contributed by atoms with van der Waals surface area (Å²) in [6.45, 7) is 0. The fourth-order valence-corrected chi connectivity index (χ4v) is 1.44. The fourth-order valence-electron chi connectivity index (χ4n) is 1.44. The number of hydrogen-bond donors (Lipinski definition) is 3. The van der Waals surface area contributed by atoms with Crippen molar-refractivity contribution in [2.45, 2.75) is 18.6 Å². The first-order valence-corrected chi connectivity index (χ1v) is 5.15. The Morgan fingerprint density at radius 3 is 2.72 bits per heavy atom. The number of aliphatic hydroxyl groups excluding tert-OH is 2. The zero-order valence-electron chi connectivity index (χ0n) is 9.70. The van der Waals surface area contributed by atoms with E-state index in [2.05, 4.69) is 4.74 Å². The molecule has 0 radical (unpaired) electrons. The second kappa shape index (κ2) is 6.00. The van der Waals surface area contributed by atoms with Crippen molar-refractivity contribution < 1.29 is 24.9 Å². The highest BCUT2D eigenvalue weighted by atomic mass is 16.5. The number of phenols is 1. The molecule has 0 heterocycles. The second-order valence-electron chi connectivity index (χ2n) is 3.64. The molecule has 0 saturated carbocycles. The number of phenolic OH excluding ortho intramolecular Hbond substituents is 1. The summed E-state index contributed by atoms with van der Waals surface area (Å²) in [5.41, 5.74) is 0.106. The first-order chi connectivity index (χ1) is 8.51. The standard InChI is InChI=1S/C12H13NO5/c1-18-12(17)8-6-7(2-3-9(8)14)11(16)10(15)4-5-13/h2-3,6,10-11,14-16H,4H2,1H3. The maximum Gasteiger partial charge on any atom is 0.341 e. The summed E-state index contributed by atoms with van der Waals surface area (Å²) >= 11 is 0. The van der Waals surface area contributed by atoms with E-state index in [1.54, 1.807) is 6.07 Å². The van der Waals surface area contributed by atoms with Crippen LogP contribution < -0.4 is 0 Å². The van der Waals surface area contributed by atoms with Crippen molar-refractivity contribution in [3.8, 4) is 11.8 Å². The van der Waals surface area contributed by atoms with Crippen molar-refractivity contribution in [3.05, 3.63) is 29.3 Å². The molecule has 0 aliphatic heterocycles. The van der Waals surface area contributed by atoms with Crippen LogP contribution in [0.4, 0.5) is 0 Å². The van der Waals surface area contributed by atoms with Gasteiger partial charge in [0.25, 0.3) is 0 Å². The number of benzene rings is 1. The predicted octanol–water partition coefficient (Wildman–Crippen LogP) is 0.487. The molecule has 1 aromatic rings. The average molecular weight is 251 g/mol. The smallest absolute Gasteiger partial charge is 0.341 e. The van der Waals surface area contributed by atoms with Crippen molar-refractivity contribution in [2.75, 3.05) is 7.11 Å². The van der Waals surface area contributed by atoms with Crippen LogP contribution in [0.5, 0.6) is 5.75 Å². The number of nitriles is 1. The number of carbonyl (C=O) groups excluding carboxylic acids is 1. The van der Waals surface area contributed by atoms with Crippen LogP contribution in [0.2, 0.25) is 0 Å². The lowest BCUT2D eigenvalue weighted by Crippen LogP contribution is -2.18. The quantitative estimate of drug-likeness (QED) is 0.671. The summed E-state index contributed by atoms with van der Waals surface area (Å²) < 4.78 is 4.46. The van der Waals surface area contributed by atoms with Gasteiger partial charge in [0, 0.05) is 0 Å². The van der Waals surface area contributed by atoms with Crippen LogP contribution in [0, 0.1) is 11.3 Å². The van der Waals surface area contributed by atoms with Gasteiger partial charge in [-0.25, -0.2) is 4.79 Å². The van der Waals surface area contributed by atoms with Crippen molar-refractivity contribution >= 4 is 5.97 Å². The summed E-state index contributed by atoms with van der Waals surface area (Å²) in [5.74, 6) is -1.04. The Morgan fingerprint density at radius 1 is 1.50 bits per heavy atom. The highest BCUT2D eigenvalue weighted by Crippen LogP contribution is 2.25. The van der Waals surface area contributed by atoms with E-state index in [0.717, 1.165) is 7.11 Å². The number of carbonyl (C=O) groups is 1. The molecular weight excluding hydrogens is 238 g/mol. The van der Waals surface area contributed by atoms with Crippen molar-refractivity contribution in [1.29, 1.82) is 5.26 Å². The molecule has 2 atom stereocenters. The van der Waals surface area contributed by atoms with Crippen LogP contribution in [0.25, 0.3) is 0 Å². The summed E-state index contributed by atoms with van der Waals surface area (Å²) in [7, 11) is 1.16. The van der Waals surface area contributed by atoms with E-state index in [1.807, 2.05) is 0 Å². The van der Waals surface area contributed by atoms with E-state index < -0.39 is 18.2 Å². The Labute approximate surface area is 104 Å². The van der Waals surface area contributed by atoms with E-state index in [0.29, 0.717) is 0 Å². The Hall–Kier alpha value is -2.10. The molecule has 2 unspecified atom stereocenters. The molecule has 0 aromatic heterocycles. The predicted molar refractivity (Wildman–Crippen MR) is 60.6 cm³/mol. The zero-order chi connectivity index (χ0) is 13.7. The van der Waals surface area contributed by atoms with Gasteiger partial charge in [0.2, 0.25) is 0 Å². The van der Waals surface area contributed by atoms with Gasteiger partial charge in [-0.05, 0) is 17.7 Å². The van der Waals surface area contributed by atoms with Gasteiger partial charge in [0.1, 0.15) is 17.4 Å². The third-order valence-corrected chi connectivity index (χ3v) is 2.43. The number of aliphatic hydroxyl groups is 2. The summed E-state index contributed by atoms with van der Waals surface area (Å²) in [6, 6.07) is 5.51. The van der Waals surface area contributed by atoms with Gasteiger partial charge < -0.3 is 20.1 Å². The molecule has 1 rings (SSSR count). The minimum Gasteiger partial charge on any atom is -0.507 e. The lowest BCUT2D eigenvalue weighted by Gasteiger charge is -2.16. The summed E-state index contributed by atoms with van der Waals surface area (Å²) in [4.78, 5) is 11.3. The van der Waals surface area contributed by atoms with Gasteiger partial charge in [-0.1, -0.05) is 6.07 Å². The maximum atomic E-state index is 11.3. The van der Waals surface area contributed by atoms with Gasteiger partial charge in [-0.3, -0.25) is 0 Å².